The average Bonchev–Trinajstić information content (AvgIpc) is 3.69. The summed E-state index contributed by atoms with van der Waals surface area (Å²) < 4.78 is 17.3. The monoisotopic (exact) mass is 591 g/mol. The third kappa shape index (κ3) is 6.57. The van der Waals surface area contributed by atoms with Gasteiger partial charge in [-0.05, 0) is 59.9 Å². The molecule has 4 aromatic rings. The number of carbonyl (C=O) groups excluding carboxylic acids is 2. The van der Waals surface area contributed by atoms with Crippen LogP contribution in [0.4, 0.5) is 0 Å². The van der Waals surface area contributed by atoms with Crippen molar-refractivity contribution in [3.63, 3.8) is 0 Å². The van der Waals surface area contributed by atoms with Gasteiger partial charge in [-0.3, -0.25) is 4.79 Å². The lowest BCUT2D eigenvalue weighted by atomic mass is 9.93. The SMILES string of the molecule is CC1=C(C(=O)OCc2ccccc2)C(c2cccc(Oc3ccccc3)c2)N2C(CC(=O)NCc3ccco3)=CSC2=N1. The van der Waals surface area contributed by atoms with Gasteiger partial charge in [-0.2, -0.15) is 0 Å². The minimum Gasteiger partial charge on any atom is -0.467 e. The molecule has 6 rings (SSSR count). The molecule has 1 atom stereocenters. The highest BCUT2D eigenvalue weighted by molar-refractivity contribution is 8.16. The van der Waals surface area contributed by atoms with Gasteiger partial charge in [0.2, 0.25) is 5.91 Å². The van der Waals surface area contributed by atoms with Gasteiger partial charge in [-0.1, -0.05) is 72.4 Å². The maximum atomic E-state index is 13.8. The van der Waals surface area contributed by atoms with Crippen molar-refractivity contribution in [3.8, 4) is 11.5 Å². The lowest BCUT2D eigenvalue weighted by molar-refractivity contribution is -0.141. The van der Waals surface area contributed by atoms with Crippen molar-refractivity contribution in [2.24, 2.45) is 4.99 Å². The quantitative estimate of drug-likeness (QED) is 0.197. The molecule has 0 fully saturated rings. The van der Waals surface area contributed by atoms with Crippen molar-refractivity contribution in [2.45, 2.75) is 32.5 Å². The van der Waals surface area contributed by atoms with Gasteiger partial charge < -0.3 is 24.1 Å². The fourth-order valence-corrected chi connectivity index (χ4v) is 5.91. The number of benzene rings is 3. The van der Waals surface area contributed by atoms with Crippen LogP contribution in [0.2, 0.25) is 0 Å². The number of ether oxygens (including phenoxy) is 2. The summed E-state index contributed by atoms with van der Waals surface area (Å²) in [6, 6.07) is 29.7. The van der Waals surface area contributed by atoms with Crippen molar-refractivity contribution < 1.29 is 23.5 Å². The van der Waals surface area contributed by atoms with E-state index in [1.54, 1.807) is 12.3 Å². The highest BCUT2D eigenvalue weighted by Gasteiger charge is 2.41. The van der Waals surface area contributed by atoms with Crippen LogP contribution < -0.4 is 10.1 Å². The molecule has 0 saturated heterocycles. The number of allylic oxidation sites excluding steroid dienone is 1. The molecule has 0 bridgehead atoms. The Balaban J connectivity index is 1.30. The molecule has 9 heteroatoms. The first-order valence-corrected chi connectivity index (χ1v) is 14.7. The highest BCUT2D eigenvalue weighted by atomic mass is 32.2. The van der Waals surface area contributed by atoms with Crippen molar-refractivity contribution in [2.75, 3.05) is 0 Å². The number of aliphatic imine (C=N–C) groups is 1. The number of fused-ring (bicyclic) bond motifs is 1. The molecule has 1 amide bonds. The van der Waals surface area contributed by atoms with Gasteiger partial charge in [0.25, 0.3) is 0 Å². The van der Waals surface area contributed by atoms with Crippen molar-refractivity contribution in [1.29, 1.82) is 0 Å². The number of rotatable bonds is 10. The molecule has 0 aliphatic carbocycles. The summed E-state index contributed by atoms with van der Waals surface area (Å²) in [5.41, 5.74) is 3.38. The minimum absolute atomic E-state index is 0.0921. The Bertz CT molecular complexity index is 1700. The number of carbonyl (C=O) groups is 2. The van der Waals surface area contributed by atoms with Crippen LogP contribution in [0.1, 0.15) is 36.3 Å². The predicted octanol–water partition coefficient (Wildman–Crippen LogP) is 7.10. The Labute approximate surface area is 253 Å². The minimum atomic E-state index is -0.589. The second-order valence-corrected chi connectivity index (χ2v) is 10.8. The maximum Gasteiger partial charge on any atom is 0.338 e. The molecular formula is C34H29N3O5S. The Hall–Kier alpha value is -5.02. The molecule has 3 aromatic carbocycles. The lowest BCUT2D eigenvalue weighted by Gasteiger charge is -2.36. The van der Waals surface area contributed by atoms with E-state index in [0.29, 0.717) is 33.7 Å². The third-order valence-electron chi connectivity index (χ3n) is 6.97. The first-order chi connectivity index (χ1) is 21.0. The summed E-state index contributed by atoms with van der Waals surface area (Å²) in [5.74, 6) is 1.34. The van der Waals surface area contributed by atoms with Crippen LogP contribution in [0.3, 0.4) is 0 Å². The normalized spacial score (nSPS) is 15.8. The predicted molar refractivity (Wildman–Crippen MR) is 165 cm³/mol. The van der Waals surface area contributed by atoms with Gasteiger partial charge in [-0.15, -0.1) is 0 Å². The third-order valence-corrected chi connectivity index (χ3v) is 7.86. The van der Waals surface area contributed by atoms with Crippen molar-refractivity contribution in [3.05, 3.63) is 143 Å². The standard InChI is InChI=1S/C34H29N3O5S/c1-23-31(33(39)41-21-24-10-4-2-5-11-24)32(25-12-8-15-28(18-25)42-27-13-6-3-7-14-27)37-26(22-43-34(37)36-23)19-30(38)35-20-29-16-9-17-40-29/h2-18,22,32H,19-21H2,1H3,(H,35,38). The summed E-state index contributed by atoms with van der Waals surface area (Å²) in [7, 11) is 0. The summed E-state index contributed by atoms with van der Waals surface area (Å²) in [5, 5.41) is 5.50. The number of hydrogen-bond acceptors (Lipinski definition) is 8. The number of nitrogens with zero attached hydrogens (tertiary/aromatic N) is 2. The zero-order valence-corrected chi connectivity index (χ0v) is 24.3. The number of furan rings is 1. The molecule has 3 heterocycles. The van der Waals surface area contributed by atoms with Crippen molar-refractivity contribution >= 4 is 28.8 Å². The van der Waals surface area contributed by atoms with Gasteiger partial charge in [0.15, 0.2) is 5.17 Å². The Morgan fingerprint density at radius 1 is 0.953 bits per heavy atom. The smallest absolute Gasteiger partial charge is 0.338 e. The molecule has 8 nitrogen and oxygen atoms in total. The fraction of sp³-hybridized carbons (Fsp3) is 0.147. The van der Waals surface area contributed by atoms with E-state index in [1.165, 1.54) is 11.8 Å². The molecule has 0 spiro atoms. The van der Waals surface area contributed by atoms with Gasteiger partial charge in [-0.25, -0.2) is 9.79 Å². The van der Waals surface area contributed by atoms with Crippen LogP contribution in [0.15, 0.2) is 135 Å². The molecule has 43 heavy (non-hydrogen) atoms. The number of para-hydroxylation sites is 1. The van der Waals surface area contributed by atoms with Crippen LogP contribution in [-0.4, -0.2) is 21.9 Å². The fourth-order valence-electron chi connectivity index (χ4n) is 4.95. The van der Waals surface area contributed by atoms with Gasteiger partial charge in [0.1, 0.15) is 23.9 Å². The number of esters is 1. The number of hydrogen-bond donors (Lipinski definition) is 1. The van der Waals surface area contributed by atoms with Gasteiger partial charge in [0.05, 0.1) is 36.5 Å². The van der Waals surface area contributed by atoms with Crippen molar-refractivity contribution in [1.82, 2.24) is 10.2 Å². The average molecular weight is 592 g/mol. The first-order valence-electron chi connectivity index (χ1n) is 13.8. The summed E-state index contributed by atoms with van der Waals surface area (Å²) in [6.45, 7) is 2.23. The van der Waals surface area contributed by atoms with E-state index in [-0.39, 0.29) is 25.5 Å². The van der Waals surface area contributed by atoms with E-state index in [1.807, 2.05) is 108 Å². The van der Waals surface area contributed by atoms with E-state index >= 15 is 0 Å². The second-order valence-electron chi connectivity index (χ2n) is 9.98. The van der Waals surface area contributed by atoms with E-state index in [4.69, 9.17) is 18.9 Å². The van der Waals surface area contributed by atoms with Crippen LogP contribution in [0.5, 0.6) is 11.5 Å². The highest BCUT2D eigenvalue weighted by Crippen LogP contribution is 2.45. The molecule has 1 aromatic heterocycles. The number of nitrogens with one attached hydrogen (secondary N) is 1. The van der Waals surface area contributed by atoms with Gasteiger partial charge >= 0.3 is 5.97 Å². The molecule has 1 N–H and O–H groups in total. The molecule has 216 valence electrons. The van der Waals surface area contributed by atoms with Crippen LogP contribution in [-0.2, 0) is 27.5 Å². The Morgan fingerprint density at radius 2 is 1.72 bits per heavy atom. The first kappa shape index (κ1) is 28.1. The largest absolute Gasteiger partial charge is 0.467 e. The summed E-state index contributed by atoms with van der Waals surface area (Å²) in [4.78, 5) is 33.5. The molecule has 2 aliphatic heterocycles. The topological polar surface area (TPSA) is 93.4 Å². The zero-order chi connectivity index (χ0) is 29.6. The van der Waals surface area contributed by atoms with E-state index in [0.717, 1.165) is 16.8 Å². The van der Waals surface area contributed by atoms with Gasteiger partial charge in [0, 0.05) is 5.70 Å². The molecule has 0 radical (unpaired) electrons. The maximum absolute atomic E-state index is 13.8. The van der Waals surface area contributed by atoms with Crippen LogP contribution in [0.25, 0.3) is 0 Å². The van der Waals surface area contributed by atoms with E-state index in [9.17, 15) is 9.59 Å². The number of thioether (sulfide) groups is 1. The molecular weight excluding hydrogens is 562 g/mol. The number of amidine groups is 1. The lowest BCUT2D eigenvalue weighted by Crippen LogP contribution is -2.38. The van der Waals surface area contributed by atoms with E-state index < -0.39 is 12.0 Å². The Kier molecular flexibility index (Phi) is 8.42. The Morgan fingerprint density at radius 3 is 2.49 bits per heavy atom. The van der Waals surface area contributed by atoms with Crippen LogP contribution in [0, 0.1) is 0 Å². The summed E-state index contributed by atoms with van der Waals surface area (Å²) >= 11 is 1.42. The summed E-state index contributed by atoms with van der Waals surface area (Å²) in [6.07, 6.45) is 1.66. The second kappa shape index (κ2) is 12.9. The molecule has 2 aliphatic rings. The molecule has 1 unspecified atom stereocenters. The number of amides is 1. The van der Waals surface area contributed by atoms with E-state index in [2.05, 4.69) is 5.32 Å². The molecule has 0 saturated carbocycles. The zero-order valence-electron chi connectivity index (χ0n) is 23.4. The van der Waals surface area contributed by atoms with Crippen LogP contribution >= 0.6 is 11.8 Å².